The first kappa shape index (κ1) is 23.0. The molecule has 0 spiro atoms. The summed E-state index contributed by atoms with van der Waals surface area (Å²) in [6.45, 7) is 16.6. The van der Waals surface area contributed by atoms with E-state index in [0.717, 1.165) is 46.4 Å². The van der Waals surface area contributed by atoms with Crippen LogP contribution in [-0.4, -0.2) is 36.6 Å². The number of hydrogen-bond acceptors (Lipinski definition) is 5. The normalized spacial score (nSPS) is 24.1. The number of ether oxygens (including phenoxy) is 1. The second kappa shape index (κ2) is 7.35. The summed E-state index contributed by atoms with van der Waals surface area (Å²) in [5.41, 5.74) is 2.94. The van der Waals surface area contributed by atoms with Gasteiger partial charge in [0.25, 0.3) is 0 Å². The van der Waals surface area contributed by atoms with Gasteiger partial charge in [0.15, 0.2) is 0 Å². The molecule has 0 bridgehead atoms. The van der Waals surface area contributed by atoms with E-state index < -0.39 is 0 Å². The smallest absolute Gasteiger partial charge is 0.457 e. The zero-order valence-electron chi connectivity index (χ0n) is 21.1. The van der Waals surface area contributed by atoms with Crippen LogP contribution in [0.3, 0.4) is 0 Å². The molecule has 0 atom stereocenters. The average Bonchev–Trinajstić information content (AvgIpc) is 2.98. The molecule has 0 saturated carbocycles. The summed E-state index contributed by atoms with van der Waals surface area (Å²) in [4.78, 5) is 0. The zero-order valence-corrected chi connectivity index (χ0v) is 21.1. The van der Waals surface area contributed by atoms with Crippen LogP contribution >= 0.6 is 0 Å². The van der Waals surface area contributed by atoms with Crippen molar-refractivity contribution in [3.8, 4) is 11.5 Å². The molecule has 2 aromatic carbocycles. The Morgan fingerprint density at radius 3 is 1.21 bits per heavy atom. The number of hydrogen-bond donors (Lipinski definition) is 0. The van der Waals surface area contributed by atoms with Crippen LogP contribution in [0.15, 0.2) is 36.4 Å². The maximum Gasteiger partial charge on any atom is 0.494 e. The van der Waals surface area contributed by atoms with E-state index in [1.807, 2.05) is 24.3 Å². The highest BCUT2D eigenvalue weighted by Crippen LogP contribution is 2.39. The van der Waals surface area contributed by atoms with Crippen LogP contribution in [0.4, 0.5) is 0 Å². The predicted molar refractivity (Wildman–Crippen MR) is 132 cm³/mol. The minimum Gasteiger partial charge on any atom is -0.457 e. The lowest BCUT2D eigenvalue weighted by molar-refractivity contribution is 0.00578. The first-order valence-corrected chi connectivity index (χ1v) is 11.9. The quantitative estimate of drug-likeness (QED) is 0.646. The van der Waals surface area contributed by atoms with Crippen molar-refractivity contribution in [3.05, 3.63) is 47.5 Å². The second-order valence-electron chi connectivity index (χ2n) is 11.5. The van der Waals surface area contributed by atoms with E-state index >= 15 is 0 Å². The van der Waals surface area contributed by atoms with Crippen molar-refractivity contribution in [2.24, 2.45) is 0 Å². The number of rotatable bonds is 2. The van der Waals surface area contributed by atoms with E-state index in [2.05, 4.69) is 67.5 Å². The zero-order chi connectivity index (χ0) is 23.8. The molecule has 0 amide bonds. The Bertz CT molecular complexity index is 975. The van der Waals surface area contributed by atoms with Crippen molar-refractivity contribution in [2.75, 3.05) is 0 Å². The van der Waals surface area contributed by atoms with E-state index in [0.29, 0.717) is 0 Å². The van der Waals surface area contributed by atoms with Crippen LogP contribution in [0.5, 0.6) is 11.5 Å². The topological polar surface area (TPSA) is 46.2 Å². The van der Waals surface area contributed by atoms with Gasteiger partial charge in [-0.3, -0.25) is 0 Å². The third kappa shape index (κ3) is 3.83. The van der Waals surface area contributed by atoms with Gasteiger partial charge in [0.1, 0.15) is 11.5 Å². The van der Waals surface area contributed by atoms with E-state index in [1.54, 1.807) is 0 Å². The summed E-state index contributed by atoms with van der Waals surface area (Å²) < 4.78 is 31.3. The van der Waals surface area contributed by atoms with Gasteiger partial charge >= 0.3 is 14.2 Å². The van der Waals surface area contributed by atoms with Gasteiger partial charge in [-0.05, 0) is 102 Å². The van der Waals surface area contributed by atoms with E-state index in [4.69, 9.17) is 23.4 Å². The van der Waals surface area contributed by atoms with Crippen molar-refractivity contribution in [2.45, 2.75) is 90.6 Å². The van der Waals surface area contributed by atoms with Crippen LogP contribution in [0.1, 0.15) is 66.5 Å². The molecule has 3 aliphatic rings. The summed E-state index contributed by atoms with van der Waals surface area (Å²) in [6, 6.07) is 12.5. The molecule has 33 heavy (non-hydrogen) atoms. The van der Waals surface area contributed by atoms with E-state index in [-0.39, 0.29) is 36.6 Å². The maximum absolute atomic E-state index is 6.34. The maximum atomic E-state index is 6.34. The molecule has 2 aromatic rings. The molecule has 0 aromatic heterocycles. The summed E-state index contributed by atoms with van der Waals surface area (Å²) >= 11 is 0. The second-order valence-corrected chi connectivity index (χ2v) is 11.5. The Morgan fingerprint density at radius 2 is 0.879 bits per heavy atom. The molecule has 7 heteroatoms. The summed E-state index contributed by atoms with van der Waals surface area (Å²) in [7, 11) is -0.748. The van der Waals surface area contributed by atoms with Crippen molar-refractivity contribution in [3.63, 3.8) is 0 Å². The highest BCUT2D eigenvalue weighted by atomic mass is 16.7. The molecule has 5 rings (SSSR count). The molecule has 5 nitrogen and oxygen atoms in total. The van der Waals surface area contributed by atoms with Crippen LogP contribution in [-0.2, 0) is 31.5 Å². The van der Waals surface area contributed by atoms with Crippen molar-refractivity contribution >= 4 is 25.2 Å². The molecule has 3 heterocycles. The molecule has 2 fully saturated rings. The molecule has 3 aliphatic heterocycles. The Morgan fingerprint density at radius 1 is 0.545 bits per heavy atom. The number of aryl methyl sites for hydroxylation is 2. The van der Waals surface area contributed by atoms with Crippen LogP contribution in [0.25, 0.3) is 0 Å². The molecule has 174 valence electrons. The number of fused-ring (bicyclic) bond motifs is 2. The van der Waals surface area contributed by atoms with Crippen LogP contribution in [0, 0.1) is 0 Å². The Labute approximate surface area is 198 Å². The fourth-order valence-corrected chi connectivity index (χ4v) is 4.43. The van der Waals surface area contributed by atoms with Gasteiger partial charge in [0.2, 0.25) is 0 Å². The largest absolute Gasteiger partial charge is 0.494 e. The lowest BCUT2D eigenvalue weighted by Gasteiger charge is -2.32. The third-order valence-electron chi connectivity index (χ3n) is 8.10. The SMILES string of the molecule is CC1(C)OB(c2ccc3c(c2)CCc2cc(B4OC(C)(C)C(C)(C)O4)ccc2O3)OC1(C)C. The highest BCUT2D eigenvalue weighted by Gasteiger charge is 2.52. The van der Waals surface area contributed by atoms with Crippen molar-refractivity contribution in [1.82, 2.24) is 0 Å². The van der Waals surface area contributed by atoms with Gasteiger partial charge in [-0.25, -0.2) is 0 Å². The Balaban J connectivity index is 1.37. The Hall–Kier alpha value is -1.79. The van der Waals surface area contributed by atoms with Gasteiger partial charge in [0.05, 0.1) is 22.4 Å². The fourth-order valence-electron chi connectivity index (χ4n) is 4.43. The summed E-state index contributed by atoms with van der Waals surface area (Å²) in [5.74, 6) is 1.77. The molecular weight excluding hydrogens is 414 g/mol. The lowest BCUT2D eigenvalue weighted by atomic mass is 9.77. The van der Waals surface area contributed by atoms with Gasteiger partial charge in [-0.15, -0.1) is 0 Å². The van der Waals surface area contributed by atoms with E-state index in [9.17, 15) is 0 Å². The lowest BCUT2D eigenvalue weighted by Crippen LogP contribution is -2.41. The molecule has 0 aliphatic carbocycles. The van der Waals surface area contributed by atoms with Gasteiger partial charge < -0.3 is 23.4 Å². The van der Waals surface area contributed by atoms with Crippen LogP contribution < -0.4 is 15.7 Å². The summed E-state index contributed by atoms with van der Waals surface area (Å²) in [6.07, 6.45) is 1.75. The van der Waals surface area contributed by atoms with Crippen molar-refractivity contribution in [1.29, 1.82) is 0 Å². The Kier molecular flexibility index (Phi) is 5.12. The molecule has 0 N–H and O–H groups in total. The molecule has 2 saturated heterocycles. The summed E-state index contributed by atoms with van der Waals surface area (Å²) in [5, 5.41) is 0. The van der Waals surface area contributed by atoms with Crippen LogP contribution in [0.2, 0.25) is 0 Å². The monoisotopic (exact) mass is 448 g/mol. The predicted octanol–water partition coefficient (Wildman–Crippen LogP) is 4.18. The highest BCUT2D eigenvalue weighted by molar-refractivity contribution is 6.62. The molecule has 0 radical (unpaired) electrons. The number of benzene rings is 2. The van der Waals surface area contributed by atoms with Gasteiger partial charge in [0, 0.05) is 0 Å². The average molecular weight is 448 g/mol. The van der Waals surface area contributed by atoms with E-state index in [1.165, 1.54) is 0 Å². The fraction of sp³-hybridized carbons (Fsp3) is 0.538. The minimum absolute atomic E-state index is 0.360. The first-order chi connectivity index (χ1) is 15.3. The van der Waals surface area contributed by atoms with Crippen molar-refractivity contribution < 1.29 is 23.4 Å². The first-order valence-electron chi connectivity index (χ1n) is 11.9. The van der Waals surface area contributed by atoms with Gasteiger partial charge in [-0.1, -0.05) is 24.3 Å². The third-order valence-corrected chi connectivity index (χ3v) is 8.10. The van der Waals surface area contributed by atoms with Gasteiger partial charge in [-0.2, -0.15) is 0 Å². The minimum atomic E-state index is -0.374. The molecular formula is C26H34B2O5. The standard InChI is InChI=1S/C26H34B2O5/c1-23(2)24(3,4)31-27(30-23)19-11-13-21-17(15-19)9-10-18-16-20(12-14-22(18)29-21)28-32-25(5,6)26(7,8)33-28/h11-16H,9-10H2,1-8H3. The molecule has 0 unspecified atom stereocenters.